The van der Waals surface area contributed by atoms with Gasteiger partial charge in [0.15, 0.2) is 0 Å². The van der Waals surface area contributed by atoms with Crippen LogP contribution < -0.4 is 10.2 Å². The minimum Gasteiger partial charge on any atom is -0.392 e. The predicted molar refractivity (Wildman–Crippen MR) is 82.2 cm³/mol. The van der Waals surface area contributed by atoms with Crippen molar-refractivity contribution in [2.24, 2.45) is 5.92 Å². The fraction of sp³-hybridized carbons (Fsp3) is 0.733. The van der Waals surface area contributed by atoms with Crippen molar-refractivity contribution in [2.75, 3.05) is 37.7 Å². The molecule has 0 saturated carbocycles. The van der Waals surface area contributed by atoms with E-state index in [1.165, 1.54) is 0 Å². The fourth-order valence-corrected chi connectivity index (χ4v) is 2.38. The number of hydrogen-bond donors (Lipinski definition) is 2. The predicted octanol–water partition coefficient (Wildman–Crippen LogP) is 0.810. The minimum absolute atomic E-state index is 0.293. The lowest BCUT2D eigenvalue weighted by Crippen LogP contribution is -2.37. The van der Waals surface area contributed by atoms with Crippen molar-refractivity contribution >= 4 is 5.95 Å². The van der Waals surface area contributed by atoms with Gasteiger partial charge in [0.2, 0.25) is 5.95 Å². The van der Waals surface area contributed by atoms with Gasteiger partial charge in [-0.2, -0.15) is 0 Å². The molecule has 1 atom stereocenters. The summed E-state index contributed by atoms with van der Waals surface area (Å²) in [4.78, 5) is 10.9. The van der Waals surface area contributed by atoms with Crippen LogP contribution >= 0.6 is 0 Å². The molecule has 0 spiro atoms. The van der Waals surface area contributed by atoms with E-state index in [-0.39, 0.29) is 6.10 Å². The average Bonchev–Trinajstić information content (AvgIpc) is 2.48. The number of aliphatic hydroxyl groups excluding tert-OH is 1. The van der Waals surface area contributed by atoms with E-state index in [2.05, 4.69) is 34.0 Å². The van der Waals surface area contributed by atoms with Crippen molar-refractivity contribution in [1.29, 1.82) is 0 Å². The molecule has 1 aliphatic heterocycles. The maximum absolute atomic E-state index is 9.80. The summed E-state index contributed by atoms with van der Waals surface area (Å²) in [5.41, 5.74) is 1.03. The zero-order valence-corrected chi connectivity index (χ0v) is 13.0. The highest BCUT2D eigenvalue weighted by Crippen LogP contribution is 2.09. The molecule has 0 amide bonds. The van der Waals surface area contributed by atoms with Gasteiger partial charge in [-0.15, -0.1) is 0 Å². The Hall–Kier alpha value is -1.24. The Morgan fingerprint density at radius 1 is 1.29 bits per heavy atom. The number of nitrogens with zero attached hydrogens (tertiary/aromatic N) is 3. The van der Waals surface area contributed by atoms with Crippen LogP contribution in [0.25, 0.3) is 0 Å². The standard InChI is InChI=1S/C15H26N4O2/c1-12(2)7-14(20)11-16-8-13-9-17-15(18-10-13)19-3-5-21-6-4-19/h9-10,12,14,16,20H,3-8,11H2,1-2H3. The van der Waals surface area contributed by atoms with Crippen molar-refractivity contribution in [2.45, 2.75) is 32.9 Å². The fourth-order valence-electron chi connectivity index (χ4n) is 2.38. The van der Waals surface area contributed by atoms with E-state index in [1.807, 2.05) is 12.4 Å². The second-order valence-electron chi connectivity index (χ2n) is 5.91. The number of nitrogens with one attached hydrogen (secondary N) is 1. The molecule has 6 nitrogen and oxygen atoms in total. The lowest BCUT2D eigenvalue weighted by Gasteiger charge is -2.26. The number of rotatable bonds is 7. The number of ether oxygens (including phenoxy) is 1. The largest absolute Gasteiger partial charge is 0.392 e. The van der Waals surface area contributed by atoms with E-state index in [0.717, 1.165) is 44.2 Å². The van der Waals surface area contributed by atoms with Gasteiger partial charge >= 0.3 is 0 Å². The molecule has 1 aliphatic rings. The summed E-state index contributed by atoms with van der Waals surface area (Å²) in [6, 6.07) is 0. The molecular formula is C15H26N4O2. The maximum atomic E-state index is 9.80. The molecular weight excluding hydrogens is 268 g/mol. The SMILES string of the molecule is CC(C)CC(O)CNCc1cnc(N2CCOCC2)nc1. The summed E-state index contributed by atoms with van der Waals surface area (Å²) >= 11 is 0. The number of aromatic nitrogens is 2. The Labute approximate surface area is 126 Å². The van der Waals surface area contributed by atoms with Gasteiger partial charge in [0, 0.05) is 44.1 Å². The quantitative estimate of drug-likeness (QED) is 0.775. The molecule has 0 aromatic carbocycles. The van der Waals surface area contributed by atoms with Crippen LogP contribution in [0.2, 0.25) is 0 Å². The van der Waals surface area contributed by atoms with Crippen LogP contribution in [0.3, 0.4) is 0 Å². The first-order chi connectivity index (χ1) is 10.1. The Bertz CT molecular complexity index is 405. The molecule has 2 rings (SSSR count). The van der Waals surface area contributed by atoms with Crippen LogP contribution in [0.1, 0.15) is 25.8 Å². The number of aliphatic hydroxyl groups is 1. The molecule has 21 heavy (non-hydrogen) atoms. The summed E-state index contributed by atoms with van der Waals surface area (Å²) in [6.45, 7) is 8.67. The van der Waals surface area contributed by atoms with Crippen molar-refractivity contribution in [3.05, 3.63) is 18.0 Å². The van der Waals surface area contributed by atoms with Gasteiger partial charge < -0.3 is 20.1 Å². The van der Waals surface area contributed by atoms with Crippen LogP contribution in [0, 0.1) is 5.92 Å². The zero-order chi connectivity index (χ0) is 15.1. The van der Waals surface area contributed by atoms with Gasteiger partial charge in [0.1, 0.15) is 0 Å². The number of hydrogen-bond acceptors (Lipinski definition) is 6. The van der Waals surface area contributed by atoms with Gasteiger partial charge in [-0.3, -0.25) is 0 Å². The first-order valence-electron chi connectivity index (χ1n) is 7.67. The lowest BCUT2D eigenvalue weighted by atomic mass is 10.1. The highest BCUT2D eigenvalue weighted by atomic mass is 16.5. The van der Waals surface area contributed by atoms with E-state index in [4.69, 9.17) is 4.74 Å². The van der Waals surface area contributed by atoms with Crippen molar-refractivity contribution < 1.29 is 9.84 Å². The second kappa shape index (κ2) is 8.26. The molecule has 1 aromatic heterocycles. The van der Waals surface area contributed by atoms with Gasteiger partial charge in [0.25, 0.3) is 0 Å². The van der Waals surface area contributed by atoms with Gasteiger partial charge in [0.05, 0.1) is 19.3 Å². The molecule has 2 N–H and O–H groups in total. The van der Waals surface area contributed by atoms with Crippen LogP contribution in [0.15, 0.2) is 12.4 Å². The molecule has 1 saturated heterocycles. The molecule has 0 bridgehead atoms. The van der Waals surface area contributed by atoms with Crippen LogP contribution in [-0.2, 0) is 11.3 Å². The summed E-state index contributed by atoms with van der Waals surface area (Å²) < 4.78 is 5.32. The highest BCUT2D eigenvalue weighted by Gasteiger charge is 2.13. The zero-order valence-electron chi connectivity index (χ0n) is 13.0. The van der Waals surface area contributed by atoms with Crippen molar-refractivity contribution in [3.63, 3.8) is 0 Å². The number of morpholine rings is 1. The van der Waals surface area contributed by atoms with Gasteiger partial charge in [-0.25, -0.2) is 9.97 Å². The Morgan fingerprint density at radius 2 is 1.95 bits per heavy atom. The molecule has 0 radical (unpaired) electrons. The van der Waals surface area contributed by atoms with E-state index < -0.39 is 0 Å². The second-order valence-corrected chi connectivity index (χ2v) is 5.91. The Kier molecular flexibility index (Phi) is 6.35. The lowest BCUT2D eigenvalue weighted by molar-refractivity contribution is 0.122. The highest BCUT2D eigenvalue weighted by molar-refractivity contribution is 5.30. The molecule has 1 unspecified atom stereocenters. The summed E-state index contributed by atoms with van der Waals surface area (Å²) in [5, 5.41) is 13.0. The monoisotopic (exact) mass is 294 g/mol. The minimum atomic E-state index is -0.293. The molecule has 2 heterocycles. The van der Waals surface area contributed by atoms with Crippen molar-refractivity contribution in [3.8, 4) is 0 Å². The van der Waals surface area contributed by atoms with E-state index in [0.29, 0.717) is 19.0 Å². The first-order valence-corrected chi connectivity index (χ1v) is 7.67. The smallest absolute Gasteiger partial charge is 0.225 e. The number of anilines is 1. The Morgan fingerprint density at radius 3 is 2.57 bits per heavy atom. The summed E-state index contributed by atoms with van der Waals surface area (Å²) in [7, 11) is 0. The molecule has 0 aliphatic carbocycles. The third kappa shape index (κ3) is 5.57. The average molecular weight is 294 g/mol. The van der Waals surface area contributed by atoms with Gasteiger partial charge in [-0.05, 0) is 12.3 Å². The third-order valence-electron chi connectivity index (χ3n) is 3.44. The normalized spacial score (nSPS) is 17.2. The molecule has 1 fully saturated rings. The summed E-state index contributed by atoms with van der Waals surface area (Å²) in [5.74, 6) is 1.28. The van der Waals surface area contributed by atoms with E-state index in [9.17, 15) is 5.11 Å². The topological polar surface area (TPSA) is 70.5 Å². The third-order valence-corrected chi connectivity index (χ3v) is 3.44. The van der Waals surface area contributed by atoms with Crippen LogP contribution in [-0.4, -0.2) is 54.0 Å². The molecule has 6 heteroatoms. The van der Waals surface area contributed by atoms with Gasteiger partial charge in [-0.1, -0.05) is 13.8 Å². The van der Waals surface area contributed by atoms with Crippen molar-refractivity contribution in [1.82, 2.24) is 15.3 Å². The van der Waals surface area contributed by atoms with E-state index in [1.54, 1.807) is 0 Å². The summed E-state index contributed by atoms with van der Waals surface area (Å²) in [6.07, 6.45) is 4.22. The van der Waals surface area contributed by atoms with Crippen LogP contribution in [0.4, 0.5) is 5.95 Å². The molecule has 1 aromatic rings. The first kappa shape index (κ1) is 16.1. The maximum Gasteiger partial charge on any atom is 0.225 e. The Balaban J connectivity index is 1.74. The molecule has 118 valence electrons. The van der Waals surface area contributed by atoms with Crippen LogP contribution in [0.5, 0.6) is 0 Å². The van der Waals surface area contributed by atoms with E-state index >= 15 is 0 Å².